The molecule has 0 fully saturated rings. The molecule has 94 valence electrons. The molecular formula is C10H14F2N4O. The van der Waals surface area contributed by atoms with E-state index in [1.807, 2.05) is 0 Å². The number of nitrogens with one attached hydrogen (secondary N) is 1. The van der Waals surface area contributed by atoms with Gasteiger partial charge in [-0.1, -0.05) is 0 Å². The Morgan fingerprint density at radius 2 is 2.12 bits per heavy atom. The lowest BCUT2D eigenvalue weighted by Crippen LogP contribution is -2.24. The van der Waals surface area contributed by atoms with Gasteiger partial charge in [0, 0.05) is 33.1 Å². The number of halogens is 2. The average molecular weight is 244 g/mol. The maximum atomic E-state index is 13.2. The van der Waals surface area contributed by atoms with Crippen molar-refractivity contribution in [3.8, 4) is 0 Å². The molecule has 0 aliphatic rings. The van der Waals surface area contributed by atoms with Crippen LogP contribution in [0.1, 0.15) is 6.42 Å². The summed E-state index contributed by atoms with van der Waals surface area (Å²) in [7, 11) is 3.24. The lowest BCUT2D eigenvalue weighted by molar-refractivity contribution is -0.128. The van der Waals surface area contributed by atoms with Crippen molar-refractivity contribution in [1.82, 2.24) is 9.88 Å². The SMILES string of the molecule is CN(C)C(=O)CCNc1nc(N)c(F)cc1F. The fourth-order valence-electron chi connectivity index (χ4n) is 1.12. The number of anilines is 2. The second kappa shape index (κ2) is 5.42. The molecule has 0 aromatic carbocycles. The molecule has 0 bridgehead atoms. The molecule has 1 heterocycles. The zero-order chi connectivity index (χ0) is 13.0. The lowest BCUT2D eigenvalue weighted by Gasteiger charge is -2.11. The molecule has 17 heavy (non-hydrogen) atoms. The highest BCUT2D eigenvalue weighted by atomic mass is 19.1. The van der Waals surface area contributed by atoms with E-state index in [0.29, 0.717) is 6.07 Å². The van der Waals surface area contributed by atoms with Crippen LogP contribution in [-0.2, 0) is 4.79 Å². The molecule has 0 saturated heterocycles. The quantitative estimate of drug-likeness (QED) is 0.823. The van der Waals surface area contributed by atoms with Gasteiger partial charge < -0.3 is 16.0 Å². The van der Waals surface area contributed by atoms with E-state index in [1.165, 1.54) is 4.90 Å². The number of pyridine rings is 1. The zero-order valence-corrected chi connectivity index (χ0v) is 9.63. The second-order valence-electron chi connectivity index (χ2n) is 3.65. The van der Waals surface area contributed by atoms with Gasteiger partial charge in [-0.2, -0.15) is 0 Å². The van der Waals surface area contributed by atoms with Crippen molar-refractivity contribution in [3.63, 3.8) is 0 Å². The van der Waals surface area contributed by atoms with Gasteiger partial charge in [-0.05, 0) is 0 Å². The molecule has 0 spiro atoms. The monoisotopic (exact) mass is 244 g/mol. The number of carbonyl (C=O) groups excluding carboxylic acids is 1. The standard InChI is InChI=1S/C10H14F2N4O/c1-16(2)8(17)3-4-14-10-7(12)5-6(11)9(13)15-10/h5H,3-4H2,1-2H3,(H3,13,14,15). The van der Waals surface area contributed by atoms with Crippen molar-refractivity contribution in [2.75, 3.05) is 31.7 Å². The summed E-state index contributed by atoms with van der Waals surface area (Å²) >= 11 is 0. The molecule has 1 amide bonds. The number of hydrogen-bond donors (Lipinski definition) is 2. The molecule has 7 heteroatoms. The summed E-state index contributed by atoms with van der Waals surface area (Å²) in [5.74, 6) is -2.39. The maximum Gasteiger partial charge on any atom is 0.223 e. The minimum atomic E-state index is -0.905. The van der Waals surface area contributed by atoms with Gasteiger partial charge in [0.25, 0.3) is 0 Å². The summed E-state index contributed by atoms with van der Waals surface area (Å²) in [5, 5.41) is 2.59. The average Bonchev–Trinajstić information content (AvgIpc) is 2.25. The van der Waals surface area contributed by atoms with E-state index >= 15 is 0 Å². The Kier molecular flexibility index (Phi) is 4.19. The van der Waals surface area contributed by atoms with Crippen molar-refractivity contribution in [3.05, 3.63) is 17.7 Å². The first-order chi connectivity index (χ1) is 7.91. The molecule has 0 aliphatic heterocycles. The molecule has 0 radical (unpaired) electrons. The molecule has 0 unspecified atom stereocenters. The third-order valence-corrected chi connectivity index (χ3v) is 2.09. The van der Waals surface area contributed by atoms with Gasteiger partial charge in [-0.3, -0.25) is 4.79 Å². The van der Waals surface area contributed by atoms with Crippen LogP contribution in [0.25, 0.3) is 0 Å². The highest BCUT2D eigenvalue weighted by molar-refractivity contribution is 5.76. The molecule has 1 aromatic heterocycles. The first-order valence-electron chi connectivity index (χ1n) is 4.97. The number of hydrogen-bond acceptors (Lipinski definition) is 4. The third kappa shape index (κ3) is 3.54. The van der Waals surface area contributed by atoms with Crippen LogP contribution in [0.15, 0.2) is 6.07 Å². The molecule has 0 aliphatic carbocycles. The van der Waals surface area contributed by atoms with Crippen molar-refractivity contribution in [2.24, 2.45) is 0 Å². The van der Waals surface area contributed by atoms with Crippen LogP contribution >= 0.6 is 0 Å². The van der Waals surface area contributed by atoms with Gasteiger partial charge in [0.2, 0.25) is 5.91 Å². The zero-order valence-electron chi connectivity index (χ0n) is 9.63. The summed E-state index contributed by atoms with van der Waals surface area (Å²) in [5.41, 5.74) is 5.20. The van der Waals surface area contributed by atoms with Crippen LogP contribution in [0.5, 0.6) is 0 Å². The van der Waals surface area contributed by atoms with E-state index in [9.17, 15) is 13.6 Å². The predicted octanol–water partition coefficient (Wildman–Crippen LogP) is 0.832. The van der Waals surface area contributed by atoms with Crippen molar-refractivity contribution in [1.29, 1.82) is 0 Å². The highest BCUT2D eigenvalue weighted by Crippen LogP contribution is 2.16. The van der Waals surface area contributed by atoms with Gasteiger partial charge >= 0.3 is 0 Å². The fourth-order valence-corrected chi connectivity index (χ4v) is 1.12. The van der Waals surface area contributed by atoms with Crippen LogP contribution in [0.3, 0.4) is 0 Å². The van der Waals surface area contributed by atoms with Gasteiger partial charge in [-0.25, -0.2) is 13.8 Å². The van der Waals surface area contributed by atoms with E-state index in [0.717, 1.165) is 0 Å². The molecule has 5 nitrogen and oxygen atoms in total. The number of rotatable bonds is 4. The van der Waals surface area contributed by atoms with Crippen molar-refractivity contribution < 1.29 is 13.6 Å². The lowest BCUT2D eigenvalue weighted by atomic mass is 10.3. The van der Waals surface area contributed by atoms with Crippen LogP contribution in [0, 0.1) is 11.6 Å². The first-order valence-corrected chi connectivity index (χ1v) is 4.97. The molecule has 1 aromatic rings. The summed E-state index contributed by atoms with van der Waals surface area (Å²) in [6.45, 7) is 0.200. The fraction of sp³-hybridized carbons (Fsp3) is 0.400. The van der Waals surface area contributed by atoms with Gasteiger partial charge in [-0.15, -0.1) is 0 Å². The van der Waals surface area contributed by atoms with E-state index < -0.39 is 11.6 Å². The van der Waals surface area contributed by atoms with Crippen LogP contribution in [0.2, 0.25) is 0 Å². The van der Waals surface area contributed by atoms with E-state index in [4.69, 9.17) is 5.73 Å². The minimum absolute atomic E-state index is 0.104. The minimum Gasteiger partial charge on any atom is -0.381 e. The van der Waals surface area contributed by atoms with Crippen LogP contribution < -0.4 is 11.1 Å². The molecule has 1 rings (SSSR count). The second-order valence-corrected chi connectivity index (χ2v) is 3.65. The van der Waals surface area contributed by atoms with Gasteiger partial charge in [0.1, 0.15) is 0 Å². The Labute approximate surface area is 97.6 Å². The highest BCUT2D eigenvalue weighted by Gasteiger charge is 2.10. The van der Waals surface area contributed by atoms with Crippen molar-refractivity contribution in [2.45, 2.75) is 6.42 Å². The summed E-state index contributed by atoms with van der Waals surface area (Å²) in [6, 6.07) is 0.651. The van der Waals surface area contributed by atoms with Gasteiger partial charge in [0.15, 0.2) is 23.3 Å². The van der Waals surface area contributed by atoms with Crippen molar-refractivity contribution >= 4 is 17.5 Å². The number of nitrogens with zero attached hydrogens (tertiary/aromatic N) is 2. The largest absolute Gasteiger partial charge is 0.381 e. The predicted molar refractivity (Wildman–Crippen MR) is 60.4 cm³/mol. The Morgan fingerprint density at radius 3 is 2.71 bits per heavy atom. The molecular weight excluding hydrogens is 230 g/mol. The number of aromatic nitrogens is 1. The van der Waals surface area contributed by atoms with Gasteiger partial charge in [0.05, 0.1) is 0 Å². The molecule has 3 N–H and O–H groups in total. The number of carbonyl (C=O) groups is 1. The number of amides is 1. The molecule has 0 saturated carbocycles. The van der Waals surface area contributed by atoms with Crippen LogP contribution in [-0.4, -0.2) is 36.4 Å². The Bertz CT molecular complexity index is 423. The van der Waals surface area contributed by atoms with E-state index in [2.05, 4.69) is 10.3 Å². The molecule has 0 atom stereocenters. The topological polar surface area (TPSA) is 71.2 Å². The Balaban J connectivity index is 2.58. The van der Waals surface area contributed by atoms with E-state index in [-0.39, 0.29) is 30.5 Å². The smallest absolute Gasteiger partial charge is 0.223 e. The first kappa shape index (κ1) is 13.1. The van der Waals surface area contributed by atoms with Crippen LogP contribution in [0.4, 0.5) is 20.4 Å². The summed E-state index contributed by atoms with van der Waals surface area (Å²) < 4.78 is 26.0. The number of nitrogen functional groups attached to an aromatic ring is 1. The normalized spacial score (nSPS) is 10.1. The Morgan fingerprint density at radius 1 is 1.47 bits per heavy atom. The summed E-state index contributed by atoms with van der Waals surface area (Å²) in [6.07, 6.45) is 0.186. The van der Waals surface area contributed by atoms with E-state index in [1.54, 1.807) is 14.1 Å². The number of nitrogens with two attached hydrogens (primary N) is 1. The third-order valence-electron chi connectivity index (χ3n) is 2.09. The maximum absolute atomic E-state index is 13.2. The Hall–Kier alpha value is -1.92. The summed E-state index contributed by atoms with van der Waals surface area (Å²) in [4.78, 5) is 16.2.